The summed E-state index contributed by atoms with van der Waals surface area (Å²) in [6.07, 6.45) is 0.813. The molecule has 0 saturated carbocycles. The lowest BCUT2D eigenvalue weighted by molar-refractivity contribution is 0.544. The van der Waals surface area contributed by atoms with Crippen molar-refractivity contribution in [2.24, 2.45) is 4.99 Å². The zero-order valence-electron chi connectivity index (χ0n) is 16.0. The van der Waals surface area contributed by atoms with Gasteiger partial charge < -0.3 is 15.1 Å². The van der Waals surface area contributed by atoms with Gasteiger partial charge in [-0.25, -0.2) is 9.98 Å². The number of fused-ring (bicyclic) bond motifs is 1. The van der Waals surface area contributed by atoms with Gasteiger partial charge in [0.25, 0.3) is 0 Å². The van der Waals surface area contributed by atoms with Crippen molar-refractivity contribution in [3.63, 3.8) is 0 Å². The number of guanidine groups is 1. The number of nitrogens with zero attached hydrogens (tertiary/aromatic N) is 2. The first kappa shape index (κ1) is 21.7. The summed E-state index contributed by atoms with van der Waals surface area (Å²) in [5, 5.41) is 11.0. The molecule has 27 heavy (non-hydrogen) atoms. The van der Waals surface area contributed by atoms with Gasteiger partial charge in [0.15, 0.2) is 5.96 Å². The third-order valence-electron chi connectivity index (χ3n) is 4.02. The second kappa shape index (κ2) is 10.7. The number of thiazole rings is 1. The van der Waals surface area contributed by atoms with Crippen LogP contribution in [0.1, 0.15) is 43.2 Å². The molecule has 1 aromatic carbocycles. The van der Waals surface area contributed by atoms with Crippen LogP contribution in [0.3, 0.4) is 0 Å². The van der Waals surface area contributed by atoms with E-state index in [0.717, 1.165) is 52.9 Å². The van der Waals surface area contributed by atoms with Crippen molar-refractivity contribution in [3.8, 4) is 0 Å². The van der Waals surface area contributed by atoms with E-state index in [1.807, 2.05) is 18.2 Å². The molecule has 0 unspecified atom stereocenters. The van der Waals surface area contributed by atoms with Crippen LogP contribution in [0.5, 0.6) is 0 Å². The fraction of sp³-hybridized carbons (Fsp3) is 0.400. The molecule has 0 bridgehead atoms. The van der Waals surface area contributed by atoms with E-state index in [2.05, 4.69) is 58.9 Å². The van der Waals surface area contributed by atoms with Crippen LogP contribution >= 0.6 is 35.3 Å². The molecule has 2 N–H and O–H groups in total. The summed E-state index contributed by atoms with van der Waals surface area (Å²) in [5.41, 5.74) is 2.08. The third kappa shape index (κ3) is 6.21. The van der Waals surface area contributed by atoms with Crippen molar-refractivity contribution in [1.82, 2.24) is 15.6 Å². The van der Waals surface area contributed by atoms with Crippen LogP contribution in [0.2, 0.25) is 0 Å². The van der Waals surface area contributed by atoms with Crippen LogP contribution in [0, 0.1) is 0 Å². The Morgan fingerprint density at radius 2 is 2.07 bits per heavy atom. The van der Waals surface area contributed by atoms with E-state index < -0.39 is 0 Å². The summed E-state index contributed by atoms with van der Waals surface area (Å²) >= 11 is 1.67. The molecule has 0 aliphatic rings. The van der Waals surface area contributed by atoms with Gasteiger partial charge in [0, 0.05) is 30.3 Å². The Labute approximate surface area is 181 Å². The van der Waals surface area contributed by atoms with Gasteiger partial charge in [-0.1, -0.05) is 32.0 Å². The van der Waals surface area contributed by atoms with Crippen LogP contribution in [0.15, 0.2) is 45.1 Å². The van der Waals surface area contributed by atoms with Crippen molar-refractivity contribution >= 4 is 52.2 Å². The molecule has 0 atom stereocenters. The molecule has 3 aromatic rings. The number of hydrogen-bond acceptors (Lipinski definition) is 4. The van der Waals surface area contributed by atoms with Gasteiger partial charge in [0.1, 0.15) is 16.4 Å². The third-order valence-corrected chi connectivity index (χ3v) is 4.87. The average molecular weight is 498 g/mol. The fourth-order valence-electron chi connectivity index (χ4n) is 2.62. The maximum Gasteiger partial charge on any atom is 0.191 e. The topological polar surface area (TPSA) is 62.5 Å². The molecular weight excluding hydrogens is 471 g/mol. The molecule has 146 valence electrons. The predicted octanol–water partition coefficient (Wildman–Crippen LogP) is 4.93. The van der Waals surface area contributed by atoms with Crippen LogP contribution in [-0.2, 0) is 13.0 Å². The van der Waals surface area contributed by atoms with E-state index in [-0.39, 0.29) is 24.0 Å². The van der Waals surface area contributed by atoms with E-state index in [1.54, 1.807) is 11.3 Å². The summed E-state index contributed by atoms with van der Waals surface area (Å²) in [4.78, 5) is 9.28. The molecule has 0 aliphatic heterocycles. The second-order valence-electron chi connectivity index (χ2n) is 6.44. The molecule has 0 saturated heterocycles. The Morgan fingerprint density at radius 1 is 1.26 bits per heavy atom. The fourth-order valence-corrected chi connectivity index (χ4v) is 3.49. The number of nitrogens with one attached hydrogen (secondary N) is 2. The molecule has 0 radical (unpaired) electrons. The van der Waals surface area contributed by atoms with E-state index in [9.17, 15) is 0 Å². The quantitative estimate of drug-likeness (QED) is 0.276. The van der Waals surface area contributed by atoms with Gasteiger partial charge in [-0.05, 0) is 25.0 Å². The molecule has 2 heterocycles. The largest absolute Gasteiger partial charge is 0.461 e. The van der Waals surface area contributed by atoms with Crippen LogP contribution in [-0.4, -0.2) is 24.0 Å². The number of para-hydroxylation sites is 1. The zero-order valence-corrected chi connectivity index (χ0v) is 19.1. The number of benzene rings is 1. The Morgan fingerprint density at radius 3 is 2.78 bits per heavy atom. The van der Waals surface area contributed by atoms with E-state index in [0.29, 0.717) is 12.5 Å². The summed E-state index contributed by atoms with van der Waals surface area (Å²) in [6, 6.07) is 10.2. The number of aliphatic imine (C=N–C) groups is 1. The monoisotopic (exact) mass is 498 g/mol. The molecular formula is C20H27IN4OS. The normalized spacial score (nSPS) is 11.6. The summed E-state index contributed by atoms with van der Waals surface area (Å²) in [5.74, 6) is 2.25. The maximum absolute atomic E-state index is 5.86. The number of halogens is 1. The Kier molecular flexibility index (Phi) is 8.56. The highest BCUT2D eigenvalue weighted by molar-refractivity contribution is 14.0. The first-order valence-electron chi connectivity index (χ1n) is 9.09. The number of aromatic nitrogens is 1. The standard InChI is InChI=1S/C20H26N4OS.HI/c1-4-21-20(23-12-19-24-17(13-26-19)14(2)3)22-10-9-16-11-15-7-5-6-8-18(15)25-16;/h5-8,11,13-14H,4,9-10,12H2,1-3H3,(H2,21,22,23);1H. The van der Waals surface area contributed by atoms with Crippen LogP contribution in [0.4, 0.5) is 0 Å². The molecule has 0 fully saturated rings. The highest BCUT2D eigenvalue weighted by Gasteiger charge is 2.06. The lowest BCUT2D eigenvalue weighted by Crippen LogP contribution is -2.38. The van der Waals surface area contributed by atoms with Gasteiger partial charge >= 0.3 is 0 Å². The van der Waals surface area contributed by atoms with Gasteiger partial charge in [0.2, 0.25) is 0 Å². The minimum atomic E-state index is 0. The number of hydrogen-bond donors (Lipinski definition) is 2. The Hall–Kier alpha value is -1.61. The minimum Gasteiger partial charge on any atom is -0.461 e. The summed E-state index contributed by atoms with van der Waals surface area (Å²) in [7, 11) is 0. The van der Waals surface area contributed by atoms with E-state index in [4.69, 9.17) is 4.42 Å². The second-order valence-corrected chi connectivity index (χ2v) is 7.39. The van der Waals surface area contributed by atoms with Crippen molar-refractivity contribution < 1.29 is 4.42 Å². The molecule has 0 spiro atoms. The number of rotatable bonds is 7. The predicted molar refractivity (Wildman–Crippen MR) is 124 cm³/mol. The highest BCUT2D eigenvalue weighted by atomic mass is 127. The first-order chi connectivity index (χ1) is 12.7. The molecule has 0 amide bonds. The molecule has 2 aromatic heterocycles. The van der Waals surface area contributed by atoms with Crippen molar-refractivity contribution in [3.05, 3.63) is 52.2 Å². The Balaban J connectivity index is 0.00000261. The van der Waals surface area contributed by atoms with Gasteiger partial charge in [-0.15, -0.1) is 35.3 Å². The van der Waals surface area contributed by atoms with Crippen molar-refractivity contribution in [1.29, 1.82) is 0 Å². The highest BCUT2D eigenvalue weighted by Crippen LogP contribution is 2.19. The first-order valence-corrected chi connectivity index (χ1v) is 9.97. The zero-order chi connectivity index (χ0) is 18.4. The maximum atomic E-state index is 5.86. The van der Waals surface area contributed by atoms with Gasteiger partial charge in [-0.3, -0.25) is 0 Å². The van der Waals surface area contributed by atoms with E-state index >= 15 is 0 Å². The summed E-state index contributed by atoms with van der Waals surface area (Å²) in [6.45, 7) is 8.57. The minimum absolute atomic E-state index is 0. The van der Waals surface area contributed by atoms with E-state index in [1.165, 1.54) is 0 Å². The van der Waals surface area contributed by atoms with Gasteiger partial charge in [0.05, 0.1) is 12.2 Å². The molecule has 3 rings (SSSR count). The molecule has 0 aliphatic carbocycles. The molecule has 7 heteroatoms. The average Bonchev–Trinajstić information content (AvgIpc) is 3.26. The van der Waals surface area contributed by atoms with Gasteiger partial charge in [-0.2, -0.15) is 0 Å². The smallest absolute Gasteiger partial charge is 0.191 e. The SMILES string of the molecule is CCNC(=NCc1nc(C(C)C)cs1)NCCc1cc2ccccc2o1.I. The van der Waals surface area contributed by atoms with Crippen molar-refractivity contribution in [2.45, 2.75) is 39.7 Å². The number of furan rings is 1. The Bertz CT molecular complexity index is 839. The summed E-state index contributed by atoms with van der Waals surface area (Å²) < 4.78 is 5.86. The molecule has 5 nitrogen and oxygen atoms in total. The lowest BCUT2D eigenvalue weighted by Gasteiger charge is -2.10. The van der Waals surface area contributed by atoms with Crippen LogP contribution < -0.4 is 10.6 Å². The van der Waals surface area contributed by atoms with Crippen molar-refractivity contribution in [2.75, 3.05) is 13.1 Å². The van der Waals surface area contributed by atoms with Crippen LogP contribution in [0.25, 0.3) is 11.0 Å². The lowest BCUT2D eigenvalue weighted by atomic mass is 10.2.